The van der Waals surface area contributed by atoms with Crippen molar-refractivity contribution in [3.05, 3.63) is 47.3 Å². The molecule has 1 fully saturated rings. The highest BCUT2D eigenvalue weighted by Crippen LogP contribution is 2.28. The number of pyridine rings is 1. The van der Waals surface area contributed by atoms with Gasteiger partial charge in [0.05, 0.1) is 17.0 Å². The minimum atomic E-state index is 0.00487. The van der Waals surface area contributed by atoms with E-state index in [1.54, 1.807) is 6.20 Å². The molecule has 0 saturated carbocycles. The van der Waals surface area contributed by atoms with Crippen molar-refractivity contribution in [2.75, 3.05) is 13.1 Å². The third-order valence-electron chi connectivity index (χ3n) is 5.16. The van der Waals surface area contributed by atoms with Crippen LogP contribution in [-0.4, -0.2) is 48.6 Å². The number of hydrogen-bond donors (Lipinski definition) is 0. The van der Waals surface area contributed by atoms with Gasteiger partial charge in [0.15, 0.2) is 5.65 Å². The van der Waals surface area contributed by atoms with Crippen LogP contribution in [0.25, 0.3) is 11.0 Å². The normalized spacial score (nSPS) is 17.7. The quantitative estimate of drug-likeness (QED) is 0.709. The molecule has 0 radical (unpaired) electrons. The van der Waals surface area contributed by atoms with Gasteiger partial charge in [0.2, 0.25) is 0 Å². The van der Waals surface area contributed by atoms with E-state index in [9.17, 15) is 4.79 Å². The van der Waals surface area contributed by atoms with Crippen LogP contribution in [0.3, 0.4) is 0 Å². The van der Waals surface area contributed by atoms with Gasteiger partial charge in [0, 0.05) is 43.3 Å². The first-order chi connectivity index (χ1) is 12.5. The number of fused-ring (bicyclic) bond motifs is 1. The Morgan fingerprint density at radius 1 is 1.23 bits per heavy atom. The number of likely N-dealkylation sites (tertiary alicyclic amines) is 1. The predicted octanol–water partition coefficient (Wildman–Crippen LogP) is 2.39. The topological polar surface area (TPSA) is 76.8 Å². The summed E-state index contributed by atoms with van der Waals surface area (Å²) >= 11 is 0. The van der Waals surface area contributed by atoms with Crippen LogP contribution in [0.5, 0.6) is 0 Å². The van der Waals surface area contributed by atoms with Crippen LogP contribution in [0.1, 0.15) is 46.2 Å². The number of aromatic nitrogens is 5. The highest BCUT2D eigenvalue weighted by Gasteiger charge is 2.27. The van der Waals surface area contributed by atoms with Crippen molar-refractivity contribution < 1.29 is 4.79 Å². The summed E-state index contributed by atoms with van der Waals surface area (Å²) in [5.74, 6) is 0.238. The van der Waals surface area contributed by atoms with Crippen LogP contribution in [0.15, 0.2) is 24.7 Å². The van der Waals surface area contributed by atoms with Crippen LogP contribution >= 0.6 is 0 Å². The number of piperidine rings is 1. The Balaban J connectivity index is 1.60. The molecule has 3 aromatic heterocycles. The molecule has 0 unspecified atom stereocenters. The third kappa shape index (κ3) is 2.83. The maximum absolute atomic E-state index is 12.9. The molecule has 0 bridgehead atoms. The molecule has 0 spiro atoms. The van der Waals surface area contributed by atoms with E-state index in [0.717, 1.165) is 47.5 Å². The van der Waals surface area contributed by atoms with Crippen LogP contribution in [-0.2, 0) is 7.05 Å². The number of hydrogen-bond acceptors (Lipinski definition) is 5. The summed E-state index contributed by atoms with van der Waals surface area (Å²) in [5.41, 5.74) is 4.21. The molecular formula is C19H22N6O. The van der Waals surface area contributed by atoms with E-state index in [0.29, 0.717) is 12.1 Å². The molecule has 4 rings (SSSR count). The van der Waals surface area contributed by atoms with Crippen molar-refractivity contribution in [3.63, 3.8) is 0 Å². The van der Waals surface area contributed by atoms with E-state index in [4.69, 9.17) is 4.98 Å². The van der Waals surface area contributed by atoms with Gasteiger partial charge in [-0.25, -0.2) is 15.0 Å². The summed E-state index contributed by atoms with van der Waals surface area (Å²) in [7, 11) is 1.92. The van der Waals surface area contributed by atoms with Crippen LogP contribution in [0.2, 0.25) is 0 Å². The number of nitrogens with zero attached hydrogens (tertiary/aromatic N) is 6. The summed E-state index contributed by atoms with van der Waals surface area (Å²) in [6.07, 6.45) is 5.08. The molecule has 1 atom stereocenters. The molecule has 0 aromatic carbocycles. The summed E-state index contributed by atoms with van der Waals surface area (Å²) in [4.78, 5) is 27.8. The lowest BCUT2D eigenvalue weighted by Crippen LogP contribution is -2.39. The number of amides is 1. The van der Waals surface area contributed by atoms with Crippen molar-refractivity contribution in [2.24, 2.45) is 7.05 Å². The zero-order valence-electron chi connectivity index (χ0n) is 15.3. The zero-order chi connectivity index (χ0) is 18.3. The molecule has 1 aliphatic rings. The van der Waals surface area contributed by atoms with Gasteiger partial charge < -0.3 is 4.90 Å². The van der Waals surface area contributed by atoms with Gasteiger partial charge in [0.1, 0.15) is 6.33 Å². The van der Waals surface area contributed by atoms with Gasteiger partial charge in [-0.05, 0) is 38.8 Å². The van der Waals surface area contributed by atoms with Crippen LogP contribution < -0.4 is 0 Å². The maximum atomic E-state index is 12.9. The maximum Gasteiger partial charge on any atom is 0.257 e. The fourth-order valence-corrected chi connectivity index (χ4v) is 3.72. The fourth-order valence-electron chi connectivity index (χ4n) is 3.72. The average Bonchev–Trinajstić information content (AvgIpc) is 2.95. The van der Waals surface area contributed by atoms with Gasteiger partial charge in [-0.1, -0.05) is 0 Å². The summed E-state index contributed by atoms with van der Waals surface area (Å²) < 4.78 is 1.82. The number of carbonyl (C=O) groups is 1. The molecule has 3 aromatic rings. The molecule has 0 N–H and O–H groups in total. The first-order valence-electron chi connectivity index (χ1n) is 8.90. The van der Waals surface area contributed by atoms with Crippen molar-refractivity contribution in [2.45, 2.75) is 32.6 Å². The van der Waals surface area contributed by atoms with E-state index in [1.807, 2.05) is 30.5 Å². The lowest BCUT2D eigenvalue weighted by molar-refractivity contribution is 0.0704. The summed E-state index contributed by atoms with van der Waals surface area (Å²) in [6.45, 7) is 5.27. The van der Waals surface area contributed by atoms with Gasteiger partial charge in [-0.2, -0.15) is 5.10 Å². The molecule has 1 amide bonds. The van der Waals surface area contributed by atoms with Crippen molar-refractivity contribution in [1.82, 2.24) is 29.6 Å². The fraction of sp³-hybridized carbons (Fsp3) is 0.421. The predicted molar refractivity (Wildman–Crippen MR) is 97.9 cm³/mol. The summed E-state index contributed by atoms with van der Waals surface area (Å²) in [5, 5.41) is 5.53. The standard InChI is InChI=1S/C19H22N6O/c1-12-16(9-20-11-21-12)19(26)25-8-4-5-14(10-25)17-7-6-15-13(2)23-24(3)18(15)22-17/h6-7,9,11,14H,4-5,8,10H2,1-3H3/t14-/m0/s1. The average molecular weight is 350 g/mol. The van der Waals surface area contributed by atoms with Gasteiger partial charge in [-0.3, -0.25) is 9.48 Å². The SMILES string of the molecule is Cc1ncncc1C(=O)N1CCC[C@H](c2ccc3c(C)nn(C)c3n2)C1. The Bertz CT molecular complexity index is 979. The van der Waals surface area contributed by atoms with Crippen molar-refractivity contribution in [3.8, 4) is 0 Å². The number of rotatable bonds is 2. The van der Waals surface area contributed by atoms with Crippen LogP contribution in [0.4, 0.5) is 0 Å². The van der Waals surface area contributed by atoms with Crippen molar-refractivity contribution in [1.29, 1.82) is 0 Å². The van der Waals surface area contributed by atoms with E-state index in [-0.39, 0.29) is 11.8 Å². The van der Waals surface area contributed by atoms with E-state index < -0.39 is 0 Å². The Morgan fingerprint density at radius 2 is 2.08 bits per heavy atom. The number of carbonyl (C=O) groups excluding carboxylic acids is 1. The number of aryl methyl sites for hydroxylation is 3. The largest absolute Gasteiger partial charge is 0.338 e. The minimum absolute atomic E-state index is 0.00487. The molecule has 7 heteroatoms. The molecule has 7 nitrogen and oxygen atoms in total. The Hall–Kier alpha value is -2.83. The molecule has 26 heavy (non-hydrogen) atoms. The highest BCUT2D eigenvalue weighted by molar-refractivity contribution is 5.95. The lowest BCUT2D eigenvalue weighted by Gasteiger charge is -2.32. The Morgan fingerprint density at radius 3 is 2.88 bits per heavy atom. The monoisotopic (exact) mass is 350 g/mol. The van der Waals surface area contributed by atoms with Gasteiger partial charge in [0.25, 0.3) is 5.91 Å². The molecule has 1 aliphatic heterocycles. The molecule has 0 aliphatic carbocycles. The lowest BCUT2D eigenvalue weighted by atomic mass is 9.93. The van der Waals surface area contributed by atoms with Crippen molar-refractivity contribution >= 4 is 16.9 Å². The minimum Gasteiger partial charge on any atom is -0.338 e. The second-order valence-electron chi connectivity index (χ2n) is 6.93. The summed E-state index contributed by atoms with van der Waals surface area (Å²) in [6, 6.07) is 4.17. The van der Waals surface area contributed by atoms with Gasteiger partial charge in [-0.15, -0.1) is 0 Å². The van der Waals surface area contributed by atoms with E-state index in [2.05, 4.69) is 27.2 Å². The smallest absolute Gasteiger partial charge is 0.257 e. The first kappa shape index (κ1) is 16.6. The van der Waals surface area contributed by atoms with Crippen LogP contribution in [0, 0.1) is 13.8 Å². The van der Waals surface area contributed by atoms with E-state index >= 15 is 0 Å². The molecular weight excluding hydrogens is 328 g/mol. The second-order valence-corrected chi connectivity index (χ2v) is 6.93. The molecule has 134 valence electrons. The first-order valence-corrected chi connectivity index (χ1v) is 8.90. The van der Waals surface area contributed by atoms with E-state index in [1.165, 1.54) is 6.33 Å². The van der Waals surface area contributed by atoms with Gasteiger partial charge >= 0.3 is 0 Å². The highest BCUT2D eigenvalue weighted by atomic mass is 16.2. The molecule has 4 heterocycles. The Labute approximate surface area is 152 Å². The third-order valence-corrected chi connectivity index (χ3v) is 5.16. The molecule has 1 saturated heterocycles. The second kappa shape index (κ2) is 6.48. The Kier molecular flexibility index (Phi) is 4.14. The zero-order valence-corrected chi connectivity index (χ0v) is 15.3.